The monoisotopic (exact) mass is 686 g/mol. The summed E-state index contributed by atoms with van der Waals surface area (Å²) in [5, 5.41) is 0. The van der Waals surface area contributed by atoms with Crippen molar-refractivity contribution < 1.29 is 47.6 Å². The lowest BCUT2D eigenvalue weighted by Gasteiger charge is -2.44. The SMILES string of the molecule is CCCCCCCCCCCCCCCCCC[Si](C)(C)CCOC1O[C@H](COC(C)=O)[C@@H](OC(C)=O)[C@H](OC(C)=O)[C@@H]1OC(C)=O. The van der Waals surface area contributed by atoms with E-state index in [-0.39, 0.29) is 6.61 Å². The number of esters is 4. The van der Waals surface area contributed by atoms with Gasteiger partial charge in [-0.25, -0.2) is 0 Å². The Hall–Kier alpha value is -1.98. The summed E-state index contributed by atoms with van der Waals surface area (Å²) >= 11 is 0. The molecule has 1 aliphatic heterocycles. The zero-order chi connectivity index (χ0) is 35.1. The molecule has 1 heterocycles. The average Bonchev–Trinajstić information content (AvgIpc) is 2.98. The van der Waals surface area contributed by atoms with Gasteiger partial charge in [0.15, 0.2) is 24.6 Å². The van der Waals surface area contributed by atoms with Gasteiger partial charge in [0.05, 0.1) is 0 Å². The number of carbonyl (C=O) groups is 4. The lowest BCUT2D eigenvalue weighted by Crippen LogP contribution is -2.63. The number of unbranched alkanes of at least 4 members (excludes halogenated alkanes) is 15. The van der Waals surface area contributed by atoms with Gasteiger partial charge in [-0.15, -0.1) is 0 Å². The van der Waals surface area contributed by atoms with Gasteiger partial charge in [-0.1, -0.05) is 129 Å². The van der Waals surface area contributed by atoms with Gasteiger partial charge in [0.2, 0.25) is 0 Å². The quantitative estimate of drug-likeness (QED) is 0.0382. The van der Waals surface area contributed by atoms with E-state index in [1.54, 1.807) is 0 Å². The highest BCUT2D eigenvalue weighted by atomic mass is 28.3. The third-order valence-electron chi connectivity index (χ3n) is 8.72. The number of ether oxygens (including phenoxy) is 6. The van der Waals surface area contributed by atoms with Crippen LogP contribution in [0.25, 0.3) is 0 Å². The van der Waals surface area contributed by atoms with E-state index in [9.17, 15) is 19.2 Å². The van der Waals surface area contributed by atoms with E-state index in [0.29, 0.717) is 6.61 Å². The normalized spacial score (nSPS) is 21.2. The third kappa shape index (κ3) is 20.9. The second-order valence-electron chi connectivity index (χ2n) is 13.9. The third-order valence-corrected chi connectivity index (χ3v) is 12.0. The van der Waals surface area contributed by atoms with E-state index >= 15 is 0 Å². The standard InChI is InChI=1S/C36H66O10Si/c1-8-9-10-11-12-13-14-15-16-17-18-19-20-21-22-23-25-47(6,7)26-24-41-36-35(45-31(5)40)34(44-30(4)39)33(43-29(3)38)32(46-36)27-42-28(2)37/h32-36H,8-27H2,1-7H3/t32-,33-,34+,35+,36?/m1/s1. The first-order valence-corrected chi connectivity index (χ1v) is 21.7. The van der Waals surface area contributed by atoms with E-state index in [1.165, 1.54) is 136 Å². The Balaban J connectivity index is 2.49. The van der Waals surface area contributed by atoms with Crippen LogP contribution in [0.1, 0.15) is 137 Å². The molecule has 0 aliphatic carbocycles. The van der Waals surface area contributed by atoms with Crippen LogP contribution in [0.3, 0.4) is 0 Å². The van der Waals surface area contributed by atoms with Crippen LogP contribution >= 0.6 is 0 Å². The van der Waals surface area contributed by atoms with E-state index in [2.05, 4.69) is 20.0 Å². The molecular weight excluding hydrogens is 620 g/mol. The minimum absolute atomic E-state index is 0.267. The van der Waals surface area contributed by atoms with Crippen molar-refractivity contribution in [2.75, 3.05) is 13.2 Å². The van der Waals surface area contributed by atoms with E-state index < -0.39 is 62.7 Å². The van der Waals surface area contributed by atoms with Gasteiger partial charge in [0.1, 0.15) is 12.7 Å². The molecule has 0 saturated carbocycles. The Morgan fingerprint density at radius 1 is 0.553 bits per heavy atom. The van der Waals surface area contributed by atoms with Crippen LogP contribution < -0.4 is 0 Å². The predicted molar refractivity (Wildman–Crippen MR) is 185 cm³/mol. The van der Waals surface area contributed by atoms with Gasteiger partial charge in [-0.2, -0.15) is 0 Å². The molecule has 1 rings (SSSR count). The topological polar surface area (TPSA) is 124 Å². The molecule has 47 heavy (non-hydrogen) atoms. The number of rotatable bonds is 26. The second kappa shape index (κ2) is 25.1. The minimum atomic E-state index is -1.59. The Morgan fingerprint density at radius 2 is 0.979 bits per heavy atom. The molecule has 1 fully saturated rings. The Labute approximate surface area is 285 Å². The first-order chi connectivity index (χ1) is 22.4. The smallest absolute Gasteiger partial charge is 0.303 e. The summed E-state index contributed by atoms with van der Waals surface area (Å²) in [5.74, 6) is -2.52. The van der Waals surface area contributed by atoms with Gasteiger partial charge < -0.3 is 28.4 Å². The van der Waals surface area contributed by atoms with Crippen LogP contribution in [0.4, 0.5) is 0 Å². The van der Waals surface area contributed by atoms with Crippen LogP contribution in [0.15, 0.2) is 0 Å². The number of carbonyl (C=O) groups excluding carboxylic acids is 4. The highest BCUT2D eigenvalue weighted by Crippen LogP contribution is 2.31. The van der Waals surface area contributed by atoms with Gasteiger partial charge in [-0.05, 0) is 6.04 Å². The van der Waals surface area contributed by atoms with Crippen LogP contribution in [0.5, 0.6) is 0 Å². The van der Waals surface area contributed by atoms with Crippen molar-refractivity contribution in [2.45, 2.75) is 193 Å². The van der Waals surface area contributed by atoms with Crippen LogP contribution in [0, 0.1) is 0 Å². The lowest BCUT2D eigenvalue weighted by atomic mass is 9.98. The maximum absolute atomic E-state index is 12.0. The summed E-state index contributed by atoms with van der Waals surface area (Å²) in [4.78, 5) is 47.5. The fourth-order valence-corrected chi connectivity index (χ4v) is 8.18. The first kappa shape index (κ1) is 43.0. The van der Waals surface area contributed by atoms with Crippen molar-refractivity contribution in [3.05, 3.63) is 0 Å². The molecule has 10 nitrogen and oxygen atoms in total. The molecule has 1 aliphatic rings. The van der Waals surface area contributed by atoms with E-state index in [4.69, 9.17) is 28.4 Å². The maximum atomic E-state index is 12.0. The predicted octanol–water partition coefficient (Wildman–Crippen LogP) is 8.06. The maximum Gasteiger partial charge on any atom is 0.303 e. The fraction of sp³-hybridized carbons (Fsp3) is 0.889. The van der Waals surface area contributed by atoms with Crippen LogP contribution in [0.2, 0.25) is 25.2 Å². The summed E-state index contributed by atoms with van der Waals surface area (Å²) in [7, 11) is -1.59. The van der Waals surface area contributed by atoms with Gasteiger partial charge in [0.25, 0.3) is 0 Å². The number of hydrogen-bond donors (Lipinski definition) is 0. The summed E-state index contributed by atoms with van der Waals surface area (Å²) in [6.45, 7) is 11.9. The van der Waals surface area contributed by atoms with Crippen LogP contribution in [-0.2, 0) is 47.6 Å². The highest BCUT2D eigenvalue weighted by molar-refractivity contribution is 6.77. The molecule has 11 heteroatoms. The van der Waals surface area contributed by atoms with Crippen LogP contribution in [-0.4, -0.2) is 75.9 Å². The molecule has 0 bridgehead atoms. The molecule has 0 spiro atoms. The van der Waals surface area contributed by atoms with Gasteiger partial charge >= 0.3 is 23.9 Å². The summed E-state index contributed by atoms with van der Waals surface area (Å²) in [6.07, 6.45) is 15.9. The fourth-order valence-electron chi connectivity index (χ4n) is 6.05. The minimum Gasteiger partial charge on any atom is -0.463 e. The molecule has 0 radical (unpaired) electrons. The molecule has 0 aromatic heterocycles. The zero-order valence-electron chi connectivity index (χ0n) is 30.6. The highest BCUT2D eigenvalue weighted by Gasteiger charge is 2.52. The van der Waals surface area contributed by atoms with Crippen molar-refractivity contribution in [1.82, 2.24) is 0 Å². The lowest BCUT2D eigenvalue weighted by molar-refractivity contribution is -0.307. The second-order valence-corrected chi connectivity index (χ2v) is 19.2. The summed E-state index contributed by atoms with van der Waals surface area (Å²) < 4.78 is 33.7. The van der Waals surface area contributed by atoms with E-state index in [1.807, 2.05) is 0 Å². The molecule has 0 aromatic rings. The van der Waals surface area contributed by atoms with Crippen molar-refractivity contribution in [2.24, 2.45) is 0 Å². The Bertz CT molecular complexity index is 895. The average molecular weight is 687 g/mol. The zero-order valence-corrected chi connectivity index (χ0v) is 31.6. The molecule has 0 amide bonds. The van der Waals surface area contributed by atoms with Crippen molar-refractivity contribution in [3.8, 4) is 0 Å². The first-order valence-electron chi connectivity index (χ1n) is 18.3. The summed E-state index contributed by atoms with van der Waals surface area (Å²) in [5.41, 5.74) is 0. The molecule has 1 saturated heterocycles. The van der Waals surface area contributed by atoms with Crippen molar-refractivity contribution >= 4 is 32.0 Å². The molecule has 274 valence electrons. The molecule has 0 N–H and O–H groups in total. The van der Waals surface area contributed by atoms with Crippen molar-refractivity contribution in [1.29, 1.82) is 0 Å². The Morgan fingerprint density at radius 3 is 1.43 bits per heavy atom. The largest absolute Gasteiger partial charge is 0.463 e. The van der Waals surface area contributed by atoms with Gasteiger partial charge in [-0.3, -0.25) is 19.2 Å². The summed E-state index contributed by atoms with van der Waals surface area (Å²) in [6, 6.07) is 2.05. The molecule has 1 unspecified atom stereocenters. The van der Waals surface area contributed by atoms with Crippen molar-refractivity contribution in [3.63, 3.8) is 0 Å². The molecule has 5 atom stereocenters. The molecule has 0 aromatic carbocycles. The molecular formula is C36H66O10Si. The van der Waals surface area contributed by atoms with Gasteiger partial charge in [0, 0.05) is 42.4 Å². The van der Waals surface area contributed by atoms with E-state index in [0.717, 1.165) is 6.04 Å². The number of hydrogen-bond acceptors (Lipinski definition) is 10. The Kier molecular flexibility index (Phi) is 22.9.